The van der Waals surface area contributed by atoms with Gasteiger partial charge < -0.3 is 26.3 Å². The highest BCUT2D eigenvalue weighted by atomic mass is 32.2. The number of nitrogens with zero attached hydrogens (tertiary/aromatic N) is 7. The van der Waals surface area contributed by atoms with Crippen LogP contribution in [0.2, 0.25) is 0 Å². The molecule has 0 radical (unpaired) electrons. The van der Waals surface area contributed by atoms with Crippen LogP contribution in [0.5, 0.6) is 0 Å². The Morgan fingerprint density at radius 1 is 1.42 bits per heavy atom. The van der Waals surface area contributed by atoms with Gasteiger partial charge in [0.1, 0.15) is 22.8 Å². The molecule has 2 aromatic rings. The number of nitrogens with two attached hydrogens (primary N) is 1. The lowest BCUT2D eigenvalue weighted by Crippen LogP contribution is -2.71. The van der Waals surface area contributed by atoms with Gasteiger partial charge in [-0.1, -0.05) is 16.9 Å². The maximum absolute atomic E-state index is 13.2. The van der Waals surface area contributed by atoms with Gasteiger partial charge in [0.25, 0.3) is 17.7 Å². The monoisotopic (exact) mass is 580 g/mol. The van der Waals surface area contributed by atoms with Gasteiger partial charge in [-0.25, -0.2) is 14.5 Å². The van der Waals surface area contributed by atoms with Gasteiger partial charge in [-0.15, -0.1) is 28.2 Å². The average molecular weight is 581 g/mol. The molecular formula is C19H20N10O6S3. The number of carbonyl (C=O) groups is 4. The minimum atomic E-state index is -1.25. The molecule has 3 aliphatic rings. The summed E-state index contributed by atoms with van der Waals surface area (Å²) in [5.41, 5.74) is 5.98. The molecule has 0 bridgehead atoms. The van der Waals surface area contributed by atoms with Gasteiger partial charge in [0.15, 0.2) is 10.8 Å². The van der Waals surface area contributed by atoms with Crippen LogP contribution in [0.15, 0.2) is 27.0 Å². The number of tetrazole rings is 1. The molecule has 3 aliphatic heterocycles. The van der Waals surface area contributed by atoms with Crippen molar-refractivity contribution in [3.05, 3.63) is 22.3 Å². The van der Waals surface area contributed by atoms with Crippen molar-refractivity contribution in [2.75, 3.05) is 23.8 Å². The molecule has 0 saturated carbocycles. The standard InChI is InChI=1S/C19H20N10O6S3/c1-28-19(24-26-27-28)38-5-7-4-36-16-11(15(32)29(16)12(7)17(33)34)23-14(31)10(8-6-37-18(20)22-8)25-35-9-2-3-21-13(9)30/h6,9,11,16H,2-5H2,1H3,(H2,20,22)(H,21,30)(H,23,31)(H,33,34)/t9?,11-,16+/m1/s1. The molecule has 16 nitrogen and oxygen atoms in total. The van der Waals surface area contributed by atoms with Crippen LogP contribution in [0.1, 0.15) is 12.1 Å². The van der Waals surface area contributed by atoms with Crippen molar-refractivity contribution >= 4 is 69.4 Å². The highest BCUT2D eigenvalue weighted by Crippen LogP contribution is 2.41. The van der Waals surface area contributed by atoms with Crippen LogP contribution in [0.4, 0.5) is 5.13 Å². The van der Waals surface area contributed by atoms with Gasteiger partial charge in [0.05, 0.1) is 0 Å². The van der Waals surface area contributed by atoms with E-state index in [4.69, 9.17) is 10.6 Å². The minimum Gasteiger partial charge on any atom is -0.477 e. The first-order valence-corrected chi connectivity index (χ1v) is 13.9. The number of rotatable bonds is 9. The Hall–Kier alpha value is -3.71. The largest absolute Gasteiger partial charge is 0.477 e. The Morgan fingerprint density at radius 3 is 2.87 bits per heavy atom. The minimum absolute atomic E-state index is 0.118. The zero-order valence-corrected chi connectivity index (χ0v) is 22.0. The number of nitrogens with one attached hydrogen (secondary N) is 2. The highest BCUT2D eigenvalue weighted by Gasteiger charge is 2.54. The Labute approximate surface area is 226 Å². The lowest BCUT2D eigenvalue weighted by Gasteiger charge is -2.49. The summed E-state index contributed by atoms with van der Waals surface area (Å²) in [6.07, 6.45) is -0.482. The number of hydrogen-bond donors (Lipinski definition) is 4. The Morgan fingerprint density at radius 2 is 2.24 bits per heavy atom. The van der Waals surface area contributed by atoms with E-state index in [1.165, 1.54) is 38.5 Å². The second kappa shape index (κ2) is 10.6. The summed E-state index contributed by atoms with van der Waals surface area (Å²) in [5, 5.41) is 31.7. The number of thiazole rings is 1. The lowest BCUT2D eigenvalue weighted by molar-refractivity contribution is -0.150. The molecule has 0 aromatic carbocycles. The first kappa shape index (κ1) is 25.9. The molecule has 200 valence electrons. The normalized spacial score (nSPS) is 23.1. The van der Waals surface area contributed by atoms with Crippen LogP contribution in [0.3, 0.4) is 0 Å². The molecule has 0 aliphatic carbocycles. The van der Waals surface area contributed by atoms with Crippen LogP contribution in [0.25, 0.3) is 0 Å². The van der Waals surface area contributed by atoms with E-state index < -0.39 is 35.3 Å². The fourth-order valence-electron chi connectivity index (χ4n) is 3.89. The second-order valence-electron chi connectivity index (χ2n) is 8.18. The van der Waals surface area contributed by atoms with Crippen molar-refractivity contribution in [2.24, 2.45) is 12.2 Å². The molecule has 5 N–H and O–H groups in total. The predicted molar refractivity (Wildman–Crippen MR) is 135 cm³/mol. The maximum Gasteiger partial charge on any atom is 0.352 e. The van der Waals surface area contributed by atoms with Crippen molar-refractivity contribution < 1.29 is 29.1 Å². The summed E-state index contributed by atoms with van der Waals surface area (Å²) in [6.45, 7) is 0.422. The van der Waals surface area contributed by atoms with Crippen molar-refractivity contribution in [1.29, 1.82) is 0 Å². The zero-order valence-electron chi connectivity index (χ0n) is 19.6. The van der Waals surface area contributed by atoms with Crippen molar-refractivity contribution in [2.45, 2.75) is 29.1 Å². The second-order valence-corrected chi connectivity index (χ2v) is 11.1. The van der Waals surface area contributed by atoms with Crippen LogP contribution in [0, 0.1) is 0 Å². The van der Waals surface area contributed by atoms with Crippen molar-refractivity contribution in [3.8, 4) is 0 Å². The molecule has 38 heavy (non-hydrogen) atoms. The highest BCUT2D eigenvalue weighted by molar-refractivity contribution is 8.01. The predicted octanol–water partition coefficient (Wildman–Crippen LogP) is -1.61. The number of oxime groups is 1. The number of carbonyl (C=O) groups excluding carboxylic acids is 3. The average Bonchev–Trinajstić information content (AvgIpc) is 3.62. The first-order chi connectivity index (χ1) is 18.2. The van der Waals surface area contributed by atoms with E-state index in [0.29, 0.717) is 29.4 Å². The van der Waals surface area contributed by atoms with Gasteiger partial charge in [-0.05, 0) is 16.0 Å². The topological polar surface area (TPSA) is 220 Å². The van der Waals surface area contributed by atoms with E-state index in [1.807, 2.05) is 0 Å². The first-order valence-electron chi connectivity index (χ1n) is 11.0. The number of thioether (sulfide) groups is 2. The SMILES string of the molecule is Cn1nnnc1SCC1=C(C(=O)O)N2C(=O)[C@@H](NC(=O)C(=NOC3CCNC3=O)c3csc(N)n3)[C@@H]2SC1. The summed E-state index contributed by atoms with van der Waals surface area (Å²) >= 11 is 3.65. The van der Waals surface area contributed by atoms with E-state index in [9.17, 15) is 24.3 Å². The third-order valence-electron chi connectivity index (χ3n) is 5.74. The molecule has 2 fully saturated rings. The molecule has 2 saturated heterocycles. The van der Waals surface area contributed by atoms with Crippen molar-refractivity contribution in [1.82, 2.24) is 40.7 Å². The number of carboxylic acid groups (broad SMARTS) is 1. The number of aliphatic carboxylic acids is 1. The fraction of sp³-hybridized carbons (Fsp3) is 0.421. The number of nitrogen functional groups attached to an aromatic ring is 1. The molecule has 5 heterocycles. The van der Waals surface area contributed by atoms with Crippen molar-refractivity contribution in [3.63, 3.8) is 0 Å². The van der Waals surface area contributed by atoms with Gasteiger partial charge >= 0.3 is 5.97 Å². The van der Waals surface area contributed by atoms with Crippen LogP contribution in [-0.2, 0) is 31.1 Å². The molecule has 3 atom stereocenters. The molecular weight excluding hydrogens is 560 g/mol. The molecule has 2 aromatic heterocycles. The quantitative estimate of drug-likeness (QED) is 0.114. The van der Waals surface area contributed by atoms with Crippen LogP contribution < -0.4 is 16.4 Å². The number of anilines is 1. The van der Waals surface area contributed by atoms with Gasteiger partial charge in [0.2, 0.25) is 11.3 Å². The van der Waals surface area contributed by atoms with Gasteiger partial charge in [-0.3, -0.25) is 19.3 Å². The van der Waals surface area contributed by atoms with E-state index in [0.717, 1.165) is 11.3 Å². The van der Waals surface area contributed by atoms with E-state index in [2.05, 4.69) is 36.3 Å². The Kier molecular flexibility index (Phi) is 7.21. The number of amides is 3. The molecule has 19 heteroatoms. The maximum atomic E-state index is 13.2. The van der Waals surface area contributed by atoms with Gasteiger partial charge in [-0.2, -0.15) is 0 Å². The molecule has 3 amide bonds. The number of fused-ring (bicyclic) bond motifs is 1. The molecule has 1 unspecified atom stereocenters. The third-order valence-corrected chi connectivity index (χ3v) is 8.85. The molecule has 0 spiro atoms. The number of β-lactam (4-membered cyclic amide) rings is 1. The number of aromatic nitrogens is 5. The summed E-state index contributed by atoms with van der Waals surface area (Å²) in [4.78, 5) is 60.7. The van der Waals surface area contributed by atoms with E-state index >= 15 is 0 Å². The fourth-order valence-corrected chi connectivity index (χ4v) is 6.77. The van der Waals surface area contributed by atoms with E-state index in [-0.39, 0.29) is 33.9 Å². The Balaban J connectivity index is 1.31. The van der Waals surface area contributed by atoms with Gasteiger partial charge in [0, 0.05) is 36.9 Å². The number of aryl methyl sites for hydroxylation is 1. The summed E-state index contributed by atoms with van der Waals surface area (Å²) in [6, 6.07) is -1.00. The number of carboxylic acids is 1. The summed E-state index contributed by atoms with van der Waals surface area (Å²) in [7, 11) is 1.66. The van der Waals surface area contributed by atoms with Crippen LogP contribution in [-0.4, -0.2) is 100 Å². The third kappa shape index (κ3) is 4.90. The summed E-state index contributed by atoms with van der Waals surface area (Å²) < 4.78 is 1.46. The summed E-state index contributed by atoms with van der Waals surface area (Å²) in [5.74, 6) is -2.36. The van der Waals surface area contributed by atoms with Crippen LogP contribution >= 0.6 is 34.9 Å². The number of hydrogen-bond acceptors (Lipinski definition) is 14. The lowest BCUT2D eigenvalue weighted by atomic mass is 10.0. The Bertz CT molecular complexity index is 1370. The molecule has 5 rings (SSSR count). The smallest absolute Gasteiger partial charge is 0.352 e. The zero-order chi connectivity index (χ0) is 27.0. The van der Waals surface area contributed by atoms with E-state index in [1.54, 1.807) is 7.05 Å².